The number of thiazole rings is 1. The van der Waals surface area contributed by atoms with Gasteiger partial charge in [0.1, 0.15) is 4.83 Å². The summed E-state index contributed by atoms with van der Waals surface area (Å²) in [6.07, 6.45) is 1.77. The predicted molar refractivity (Wildman–Crippen MR) is 47.9 cm³/mol. The van der Waals surface area contributed by atoms with E-state index < -0.39 is 6.29 Å². The van der Waals surface area contributed by atoms with E-state index in [1.807, 2.05) is 0 Å². The largest absolute Gasteiger partial charge is 0.364 e. The van der Waals surface area contributed by atoms with E-state index in [9.17, 15) is 0 Å². The van der Waals surface area contributed by atoms with E-state index in [0.717, 1.165) is 8.62 Å². The lowest BCUT2D eigenvalue weighted by Gasteiger charge is -1.95. The normalized spacial score (nSPS) is 11.7. The number of aliphatic hydroxyl groups is 2. The molecule has 0 aliphatic heterocycles. The Hall–Kier alpha value is -0.430. The maximum Gasteiger partial charge on any atom is 0.183 e. The van der Waals surface area contributed by atoms with Gasteiger partial charge in [0.15, 0.2) is 6.29 Å². The highest BCUT2D eigenvalue weighted by Gasteiger charge is 2.12. The number of fused-ring (bicyclic) bond motifs is 1. The fourth-order valence-corrected chi connectivity index (χ4v) is 2.41. The minimum absolute atomic E-state index is 0.436. The monoisotopic (exact) mass is 248 g/mol. The highest BCUT2D eigenvalue weighted by Crippen LogP contribution is 2.27. The molecule has 0 spiro atoms. The van der Waals surface area contributed by atoms with Gasteiger partial charge in [-0.25, -0.2) is 4.52 Å². The van der Waals surface area contributed by atoms with Gasteiger partial charge in [-0.05, 0) is 15.9 Å². The molecule has 0 saturated heterocycles. The number of hydrogen-bond donors (Lipinski definition) is 2. The Morgan fingerprint density at radius 2 is 2.33 bits per heavy atom. The van der Waals surface area contributed by atoms with E-state index >= 15 is 0 Å². The van der Waals surface area contributed by atoms with Crippen LogP contribution >= 0.6 is 27.3 Å². The molecule has 2 rings (SSSR count). The first-order valence-electron chi connectivity index (χ1n) is 3.17. The summed E-state index contributed by atoms with van der Waals surface area (Å²) in [5.74, 6) is 0. The molecule has 2 aromatic heterocycles. The van der Waals surface area contributed by atoms with Crippen molar-refractivity contribution >= 4 is 32.1 Å². The van der Waals surface area contributed by atoms with E-state index in [4.69, 9.17) is 10.2 Å². The summed E-state index contributed by atoms with van der Waals surface area (Å²) in [5, 5.41) is 21.8. The molecule has 0 bridgehead atoms. The van der Waals surface area contributed by atoms with Crippen LogP contribution in [-0.2, 0) is 0 Å². The zero-order valence-electron chi connectivity index (χ0n) is 5.81. The molecule has 6 heteroatoms. The van der Waals surface area contributed by atoms with Crippen LogP contribution in [0.1, 0.15) is 11.9 Å². The molecule has 0 aromatic carbocycles. The summed E-state index contributed by atoms with van der Waals surface area (Å²) in [7, 11) is 0. The molecular weight excluding hydrogens is 244 g/mol. The lowest BCUT2D eigenvalue weighted by molar-refractivity contribution is -0.0412. The smallest absolute Gasteiger partial charge is 0.183 e. The molecular formula is C6H5BrN2O2S. The number of hydrogen-bond acceptors (Lipinski definition) is 4. The van der Waals surface area contributed by atoms with Gasteiger partial charge in [-0.3, -0.25) is 0 Å². The summed E-state index contributed by atoms with van der Waals surface area (Å²) < 4.78 is 2.51. The topological polar surface area (TPSA) is 57.8 Å². The van der Waals surface area contributed by atoms with Gasteiger partial charge in [-0.2, -0.15) is 5.10 Å². The molecule has 64 valence electrons. The zero-order valence-corrected chi connectivity index (χ0v) is 8.21. The Balaban J connectivity index is 2.68. The standard InChI is InChI=1S/C6H5BrN2O2S/c7-4-2-9-5(12-4)3(1-8-9)6(10)11/h1-2,6,10-11H. The van der Waals surface area contributed by atoms with Crippen molar-refractivity contribution in [2.45, 2.75) is 6.29 Å². The highest BCUT2D eigenvalue weighted by atomic mass is 79.9. The predicted octanol–water partition coefficient (Wildman–Crippen LogP) is 1.14. The van der Waals surface area contributed by atoms with Gasteiger partial charge in [0.25, 0.3) is 0 Å². The van der Waals surface area contributed by atoms with E-state index in [-0.39, 0.29) is 0 Å². The lowest BCUT2D eigenvalue weighted by atomic mass is 10.4. The third kappa shape index (κ3) is 1.16. The number of halogens is 1. The SMILES string of the molecule is OC(O)c1cnn2cc(Br)sc12. The van der Waals surface area contributed by atoms with Crippen molar-refractivity contribution < 1.29 is 10.2 Å². The minimum atomic E-state index is -1.45. The first kappa shape index (κ1) is 8.18. The van der Waals surface area contributed by atoms with Gasteiger partial charge in [0, 0.05) is 0 Å². The molecule has 0 fully saturated rings. The molecule has 12 heavy (non-hydrogen) atoms. The Kier molecular flexibility index (Phi) is 1.91. The Labute approximate surface area is 80.2 Å². The van der Waals surface area contributed by atoms with Crippen LogP contribution in [0.4, 0.5) is 0 Å². The van der Waals surface area contributed by atoms with Crippen molar-refractivity contribution in [3.05, 3.63) is 21.7 Å². The first-order chi connectivity index (χ1) is 5.68. The van der Waals surface area contributed by atoms with Crippen molar-refractivity contribution in [1.29, 1.82) is 0 Å². The Morgan fingerprint density at radius 1 is 1.58 bits per heavy atom. The van der Waals surface area contributed by atoms with Crippen LogP contribution in [0.25, 0.3) is 4.83 Å². The second kappa shape index (κ2) is 2.81. The summed E-state index contributed by atoms with van der Waals surface area (Å²) >= 11 is 4.69. The molecule has 0 unspecified atom stereocenters. The molecule has 2 heterocycles. The Bertz CT molecular complexity index is 409. The van der Waals surface area contributed by atoms with Crippen molar-refractivity contribution in [2.75, 3.05) is 0 Å². The van der Waals surface area contributed by atoms with Gasteiger partial charge in [0.2, 0.25) is 0 Å². The third-order valence-electron chi connectivity index (χ3n) is 1.47. The minimum Gasteiger partial charge on any atom is -0.364 e. The van der Waals surface area contributed by atoms with Crippen LogP contribution in [0.5, 0.6) is 0 Å². The average molecular weight is 249 g/mol. The molecule has 0 radical (unpaired) electrons. The zero-order chi connectivity index (χ0) is 8.72. The third-order valence-corrected chi connectivity index (χ3v) is 3.08. The number of nitrogens with zero attached hydrogens (tertiary/aromatic N) is 2. The summed E-state index contributed by atoms with van der Waals surface area (Å²) in [5.41, 5.74) is 0.436. The quantitative estimate of drug-likeness (QED) is 0.745. The van der Waals surface area contributed by atoms with Gasteiger partial charge in [-0.15, -0.1) is 11.3 Å². The molecule has 2 aromatic rings. The number of aliphatic hydroxyl groups excluding tert-OH is 1. The van der Waals surface area contributed by atoms with Crippen LogP contribution in [0.2, 0.25) is 0 Å². The number of rotatable bonds is 1. The molecule has 0 saturated carbocycles. The fourth-order valence-electron chi connectivity index (χ4n) is 0.954. The molecule has 0 atom stereocenters. The van der Waals surface area contributed by atoms with Crippen molar-refractivity contribution in [2.24, 2.45) is 0 Å². The summed E-state index contributed by atoms with van der Waals surface area (Å²) in [6.45, 7) is 0. The van der Waals surface area contributed by atoms with Gasteiger partial charge >= 0.3 is 0 Å². The lowest BCUT2D eigenvalue weighted by Crippen LogP contribution is -1.91. The molecule has 4 nitrogen and oxygen atoms in total. The van der Waals surface area contributed by atoms with E-state index in [0.29, 0.717) is 5.56 Å². The summed E-state index contributed by atoms with van der Waals surface area (Å²) in [4.78, 5) is 0.747. The Morgan fingerprint density at radius 3 is 3.00 bits per heavy atom. The molecule has 0 aliphatic carbocycles. The second-order valence-electron chi connectivity index (χ2n) is 2.26. The van der Waals surface area contributed by atoms with Crippen LogP contribution < -0.4 is 0 Å². The van der Waals surface area contributed by atoms with Gasteiger partial charge in [-0.1, -0.05) is 0 Å². The van der Waals surface area contributed by atoms with Crippen molar-refractivity contribution in [3.63, 3.8) is 0 Å². The first-order valence-corrected chi connectivity index (χ1v) is 4.78. The second-order valence-corrected chi connectivity index (χ2v) is 4.67. The van der Waals surface area contributed by atoms with Crippen LogP contribution in [0.15, 0.2) is 16.2 Å². The summed E-state index contributed by atoms with van der Waals surface area (Å²) in [6, 6.07) is 0. The highest BCUT2D eigenvalue weighted by molar-refractivity contribution is 9.11. The fraction of sp³-hybridized carbons (Fsp3) is 0.167. The molecule has 2 N–H and O–H groups in total. The van der Waals surface area contributed by atoms with Gasteiger partial charge in [0.05, 0.1) is 21.7 Å². The average Bonchev–Trinajstić information content (AvgIpc) is 2.43. The van der Waals surface area contributed by atoms with Crippen LogP contribution in [0.3, 0.4) is 0 Å². The van der Waals surface area contributed by atoms with Crippen LogP contribution in [-0.4, -0.2) is 19.8 Å². The van der Waals surface area contributed by atoms with E-state index in [1.54, 1.807) is 10.7 Å². The maximum absolute atomic E-state index is 8.91. The van der Waals surface area contributed by atoms with Crippen molar-refractivity contribution in [1.82, 2.24) is 9.61 Å². The maximum atomic E-state index is 8.91. The molecule has 0 aliphatic rings. The van der Waals surface area contributed by atoms with Crippen molar-refractivity contribution in [3.8, 4) is 0 Å². The van der Waals surface area contributed by atoms with E-state index in [2.05, 4.69) is 21.0 Å². The molecule has 0 amide bonds. The van der Waals surface area contributed by atoms with E-state index in [1.165, 1.54) is 17.5 Å². The van der Waals surface area contributed by atoms with Crippen LogP contribution in [0, 0.1) is 0 Å². The number of aromatic nitrogens is 2. The van der Waals surface area contributed by atoms with Gasteiger partial charge < -0.3 is 10.2 Å².